The molecule has 2 aromatic rings. The first-order valence-electron chi connectivity index (χ1n) is 12.8. The van der Waals surface area contributed by atoms with Gasteiger partial charge in [0.05, 0.1) is 7.11 Å². The van der Waals surface area contributed by atoms with Gasteiger partial charge in [-0.15, -0.1) is 0 Å². The Morgan fingerprint density at radius 3 is 2.00 bits per heavy atom. The highest BCUT2D eigenvalue weighted by Gasteiger charge is 2.43. The highest BCUT2D eigenvalue weighted by Crippen LogP contribution is 2.49. The number of halogens is 1. The Balaban J connectivity index is 1.45. The van der Waals surface area contributed by atoms with E-state index in [0.29, 0.717) is 66.0 Å². The van der Waals surface area contributed by atoms with Crippen LogP contribution in [0.1, 0.15) is 60.4 Å². The van der Waals surface area contributed by atoms with Gasteiger partial charge in [0.2, 0.25) is 0 Å². The number of Topliss-reactive ketones (excluding diaryl/α,β-unsaturated/α-hetero) is 3. The van der Waals surface area contributed by atoms with Crippen molar-refractivity contribution in [3.63, 3.8) is 0 Å². The molecule has 1 aliphatic heterocycles. The van der Waals surface area contributed by atoms with E-state index in [4.69, 9.17) is 21.1 Å². The molecule has 0 fully saturated rings. The quantitative estimate of drug-likeness (QED) is 0.357. The number of methoxy groups -OCH3 is 1. The summed E-state index contributed by atoms with van der Waals surface area (Å²) in [6.07, 6.45) is 3.38. The first-order valence-corrected chi connectivity index (χ1v) is 13.1. The van der Waals surface area contributed by atoms with Gasteiger partial charge >= 0.3 is 5.97 Å². The Morgan fingerprint density at radius 2 is 1.45 bits per heavy atom. The molecule has 0 N–H and O–H groups in total. The number of allylic oxidation sites excluding steroid dienone is 4. The summed E-state index contributed by atoms with van der Waals surface area (Å²) in [7, 11) is 1.59. The summed E-state index contributed by atoms with van der Waals surface area (Å²) < 4.78 is 10.6. The average Bonchev–Trinajstić information content (AvgIpc) is 2.93. The minimum Gasteiger partial charge on any atom is -0.497 e. The van der Waals surface area contributed by atoms with Crippen molar-refractivity contribution < 1.29 is 28.7 Å². The van der Waals surface area contributed by atoms with Crippen molar-refractivity contribution in [2.75, 3.05) is 20.3 Å². The zero-order valence-electron chi connectivity index (χ0n) is 21.1. The smallest absolute Gasteiger partial charge is 0.326 e. The Bertz CT molecular complexity index is 1310. The number of ketones is 3. The Hall–Kier alpha value is -3.71. The third-order valence-electron chi connectivity index (χ3n) is 7.35. The van der Waals surface area contributed by atoms with Crippen LogP contribution in [0.5, 0.6) is 5.75 Å². The molecule has 0 bridgehead atoms. The molecule has 0 saturated carbocycles. The summed E-state index contributed by atoms with van der Waals surface area (Å²) in [6.45, 7) is -0.570. The van der Waals surface area contributed by atoms with Crippen LogP contribution in [0.25, 0.3) is 0 Å². The predicted molar refractivity (Wildman–Crippen MR) is 141 cm³/mol. The van der Waals surface area contributed by atoms with E-state index in [1.54, 1.807) is 31.4 Å². The molecule has 7 nitrogen and oxygen atoms in total. The number of benzene rings is 2. The Kier molecular flexibility index (Phi) is 7.47. The lowest BCUT2D eigenvalue weighted by Crippen LogP contribution is -2.41. The van der Waals surface area contributed by atoms with Crippen molar-refractivity contribution in [2.45, 2.75) is 44.4 Å². The van der Waals surface area contributed by atoms with Gasteiger partial charge in [-0.25, -0.2) is 0 Å². The van der Waals surface area contributed by atoms with Crippen molar-refractivity contribution >= 4 is 34.9 Å². The fourth-order valence-corrected chi connectivity index (χ4v) is 5.70. The summed E-state index contributed by atoms with van der Waals surface area (Å²) >= 11 is 5.88. The van der Waals surface area contributed by atoms with Crippen LogP contribution in [0.3, 0.4) is 0 Å². The maximum Gasteiger partial charge on any atom is 0.326 e. The number of carbonyl (C=O) groups excluding carboxylic acids is 4. The monoisotopic (exact) mass is 533 g/mol. The second-order valence-electron chi connectivity index (χ2n) is 9.66. The van der Waals surface area contributed by atoms with Crippen molar-refractivity contribution in [1.29, 1.82) is 0 Å². The Morgan fingerprint density at radius 1 is 0.868 bits per heavy atom. The second-order valence-corrected chi connectivity index (χ2v) is 10.1. The molecule has 0 unspecified atom stereocenters. The lowest BCUT2D eigenvalue weighted by molar-refractivity contribution is -0.143. The number of carbonyl (C=O) groups is 4. The topological polar surface area (TPSA) is 90.0 Å². The Labute approximate surface area is 226 Å². The molecule has 0 atom stereocenters. The molecule has 5 rings (SSSR count). The van der Waals surface area contributed by atoms with Gasteiger partial charge in [-0.3, -0.25) is 19.2 Å². The van der Waals surface area contributed by atoms with E-state index < -0.39 is 18.5 Å². The zero-order chi connectivity index (χ0) is 26.8. The van der Waals surface area contributed by atoms with Crippen LogP contribution in [0.4, 0.5) is 0 Å². The van der Waals surface area contributed by atoms with Gasteiger partial charge in [-0.2, -0.15) is 0 Å². The van der Waals surface area contributed by atoms with Crippen molar-refractivity contribution in [3.8, 4) is 5.75 Å². The minimum atomic E-state index is -0.593. The van der Waals surface area contributed by atoms with Crippen LogP contribution >= 0.6 is 11.6 Å². The van der Waals surface area contributed by atoms with E-state index in [-0.39, 0.29) is 23.9 Å². The molecular weight excluding hydrogens is 506 g/mol. The van der Waals surface area contributed by atoms with E-state index in [0.717, 1.165) is 17.0 Å². The molecule has 38 heavy (non-hydrogen) atoms. The van der Waals surface area contributed by atoms with Gasteiger partial charge in [0, 0.05) is 51.9 Å². The van der Waals surface area contributed by atoms with Gasteiger partial charge in [0.15, 0.2) is 24.0 Å². The summed E-state index contributed by atoms with van der Waals surface area (Å²) in [5.74, 6) is -0.721. The summed E-state index contributed by atoms with van der Waals surface area (Å²) in [6, 6.07) is 13.8. The third-order valence-corrected chi connectivity index (χ3v) is 7.61. The van der Waals surface area contributed by atoms with Crippen molar-refractivity contribution in [2.24, 2.45) is 0 Å². The first kappa shape index (κ1) is 25.9. The average molecular weight is 534 g/mol. The fourth-order valence-electron chi connectivity index (χ4n) is 5.58. The van der Waals surface area contributed by atoms with Gasteiger partial charge in [0.25, 0.3) is 0 Å². The number of hydrogen-bond acceptors (Lipinski definition) is 7. The van der Waals surface area contributed by atoms with Gasteiger partial charge in [-0.05, 0) is 67.6 Å². The number of ether oxygens (including phenoxy) is 2. The highest BCUT2D eigenvalue weighted by molar-refractivity contribution is 6.30. The molecule has 2 aromatic carbocycles. The molecule has 1 heterocycles. The van der Waals surface area contributed by atoms with Crippen molar-refractivity contribution in [3.05, 3.63) is 87.2 Å². The molecular formula is C30H28ClNO6. The number of rotatable bonds is 7. The summed E-state index contributed by atoms with van der Waals surface area (Å²) in [5, 5.41) is 0.508. The molecule has 0 spiro atoms. The summed E-state index contributed by atoms with van der Waals surface area (Å²) in [4.78, 5) is 53.9. The van der Waals surface area contributed by atoms with Crippen LogP contribution in [-0.2, 0) is 19.1 Å². The second kappa shape index (κ2) is 11.0. The number of hydrogen-bond donors (Lipinski definition) is 0. The predicted octanol–water partition coefficient (Wildman–Crippen LogP) is 5.19. The maximum absolute atomic E-state index is 13.3. The standard InChI is InChI=1S/C30H28ClNO6/c1-37-21-14-10-19(11-15-21)28-29-22(4-2-6-24(29)33)32(23-5-3-7-25(34)30(23)28)16-27(36)38-17-26(35)18-8-12-20(31)13-9-18/h8-15,28H,2-7,16-17H2,1H3. The van der Waals surface area contributed by atoms with Gasteiger partial charge in [-0.1, -0.05) is 23.7 Å². The van der Waals surface area contributed by atoms with Crippen molar-refractivity contribution in [1.82, 2.24) is 4.90 Å². The molecule has 0 amide bonds. The van der Waals surface area contributed by atoms with E-state index in [9.17, 15) is 19.2 Å². The lowest BCUT2D eigenvalue weighted by Gasteiger charge is -2.43. The fraction of sp³-hybridized carbons (Fsp3) is 0.333. The first-order chi connectivity index (χ1) is 18.4. The molecule has 196 valence electrons. The van der Waals surface area contributed by atoms with E-state index in [2.05, 4.69) is 0 Å². The molecule has 0 aromatic heterocycles. The van der Waals surface area contributed by atoms with E-state index in [1.165, 1.54) is 0 Å². The molecule has 2 aliphatic carbocycles. The van der Waals surface area contributed by atoms with Crippen LogP contribution in [-0.4, -0.2) is 48.5 Å². The molecule has 0 radical (unpaired) electrons. The number of nitrogens with zero attached hydrogens (tertiary/aromatic N) is 1. The number of esters is 1. The molecule has 0 saturated heterocycles. The van der Waals surface area contributed by atoms with Crippen LogP contribution < -0.4 is 4.74 Å². The van der Waals surface area contributed by atoms with Crippen LogP contribution in [0.2, 0.25) is 5.02 Å². The van der Waals surface area contributed by atoms with E-state index in [1.807, 2.05) is 29.2 Å². The van der Waals surface area contributed by atoms with Gasteiger partial charge in [0.1, 0.15) is 12.3 Å². The maximum atomic E-state index is 13.3. The largest absolute Gasteiger partial charge is 0.497 e. The SMILES string of the molecule is COc1ccc(C2C3=C(CCCC3=O)N(CC(=O)OCC(=O)c3ccc(Cl)cc3)C3=C2C(=O)CCC3)cc1. The molecule has 3 aliphatic rings. The highest BCUT2D eigenvalue weighted by atomic mass is 35.5. The minimum absolute atomic E-state index is 0.00623. The van der Waals surface area contributed by atoms with Crippen LogP contribution in [0.15, 0.2) is 71.1 Å². The van der Waals surface area contributed by atoms with E-state index >= 15 is 0 Å². The van der Waals surface area contributed by atoms with Crippen LogP contribution in [0, 0.1) is 0 Å². The molecule has 8 heteroatoms. The van der Waals surface area contributed by atoms with Gasteiger partial charge < -0.3 is 14.4 Å². The summed E-state index contributed by atoms with van der Waals surface area (Å²) in [5.41, 5.74) is 3.97. The third kappa shape index (κ3) is 5.03. The normalized spacial score (nSPS) is 17.8. The lowest BCUT2D eigenvalue weighted by atomic mass is 9.71. The zero-order valence-corrected chi connectivity index (χ0v) is 21.9.